The second-order valence-corrected chi connectivity index (χ2v) is 7.27. The van der Waals surface area contributed by atoms with Crippen molar-refractivity contribution in [2.75, 3.05) is 52.4 Å². The van der Waals surface area contributed by atoms with Crippen molar-refractivity contribution < 1.29 is 18.6 Å². The highest BCUT2D eigenvalue weighted by Crippen LogP contribution is 2.41. The molecule has 0 amide bonds. The van der Waals surface area contributed by atoms with Crippen LogP contribution in [-0.2, 0) is 6.54 Å². The number of fused-ring (bicyclic) bond motifs is 1. The van der Waals surface area contributed by atoms with Gasteiger partial charge in [0, 0.05) is 62.0 Å². The predicted octanol–water partition coefficient (Wildman–Crippen LogP) is 3.14. The first-order valence-corrected chi connectivity index (χ1v) is 9.91. The largest absolute Gasteiger partial charge is 0.493 e. The lowest BCUT2D eigenvalue weighted by Gasteiger charge is -2.36. The highest BCUT2D eigenvalue weighted by molar-refractivity contribution is 5.76. The lowest BCUT2D eigenvalue weighted by molar-refractivity contribution is 0.249. The fourth-order valence-electron chi connectivity index (χ4n) is 3.88. The molecule has 158 valence electrons. The van der Waals surface area contributed by atoms with E-state index in [4.69, 9.17) is 18.6 Å². The van der Waals surface area contributed by atoms with Crippen molar-refractivity contribution in [2.24, 2.45) is 0 Å². The average Bonchev–Trinajstić information content (AvgIpc) is 2.78. The normalized spacial score (nSPS) is 14.7. The standard InChI is InChI=1S/C23H26N2O5/c1-27-20-13-18(14-21(28-2)23(20)29-3)25-10-8-24(9-11-25)15-16-4-5-17-6-7-22(26)30-19(17)12-16/h4-7,12-14H,8-11,15H2,1-3H3. The predicted molar refractivity (Wildman–Crippen MR) is 116 cm³/mol. The number of methoxy groups -OCH3 is 3. The second kappa shape index (κ2) is 8.67. The Morgan fingerprint density at radius 2 is 1.53 bits per heavy atom. The number of anilines is 1. The molecule has 1 fully saturated rings. The van der Waals surface area contributed by atoms with Gasteiger partial charge in [-0.3, -0.25) is 4.90 Å². The van der Waals surface area contributed by atoms with Gasteiger partial charge in [-0.25, -0.2) is 4.79 Å². The molecule has 2 aromatic carbocycles. The number of hydrogen-bond acceptors (Lipinski definition) is 7. The topological polar surface area (TPSA) is 64.4 Å². The summed E-state index contributed by atoms with van der Waals surface area (Å²) < 4.78 is 21.7. The van der Waals surface area contributed by atoms with Crippen molar-refractivity contribution in [3.8, 4) is 17.2 Å². The number of benzene rings is 2. The molecule has 0 bridgehead atoms. The van der Waals surface area contributed by atoms with Crippen LogP contribution in [0.5, 0.6) is 17.2 Å². The molecule has 0 spiro atoms. The number of hydrogen-bond donors (Lipinski definition) is 0. The third-order valence-corrected chi connectivity index (χ3v) is 5.48. The minimum Gasteiger partial charge on any atom is -0.493 e. The van der Waals surface area contributed by atoms with Gasteiger partial charge in [0.05, 0.1) is 21.3 Å². The zero-order chi connectivity index (χ0) is 21.1. The minimum absolute atomic E-state index is 0.321. The van der Waals surface area contributed by atoms with E-state index in [2.05, 4.69) is 15.9 Å². The summed E-state index contributed by atoms with van der Waals surface area (Å²) in [5.41, 5.74) is 2.50. The molecule has 0 radical (unpaired) electrons. The van der Waals surface area contributed by atoms with Crippen molar-refractivity contribution >= 4 is 16.7 Å². The molecule has 7 nitrogen and oxygen atoms in total. The maximum absolute atomic E-state index is 11.5. The van der Waals surface area contributed by atoms with Crippen LogP contribution in [0.4, 0.5) is 5.69 Å². The van der Waals surface area contributed by atoms with Gasteiger partial charge in [-0.15, -0.1) is 0 Å². The van der Waals surface area contributed by atoms with Gasteiger partial charge in [-0.2, -0.15) is 0 Å². The molecule has 3 aromatic rings. The molecular weight excluding hydrogens is 384 g/mol. The highest BCUT2D eigenvalue weighted by atomic mass is 16.5. The summed E-state index contributed by atoms with van der Waals surface area (Å²) >= 11 is 0. The number of rotatable bonds is 6. The van der Waals surface area contributed by atoms with Gasteiger partial charge in [-0.1, -0.05) is 12.1 Å². The molecule has 4 rings (SSSR count). The van der Waals surface area contributed by atoms with Gasteiger partial charge in [0.15, 0.2) is 11.5 Å². The van der Waals surface area contributed by atoms with E-state index in [-0.39, 0.29) is 5.63 Å². The number of ether oxygens (including phenoxy) is 3. The molecule has 2 heterocycles. The molecule has 1 saturated heterocycles. The maximum atomic E-state index is 11.5. The number of nitrogens with zero attached hydrogens (tertiary/aromatic N) is 2. The lowest BCUT2D eigenvalue weighted by atomic mass is 10.1. The SMILES string of the molecule is COc1cc(N2CCN(Cc3ccc4ccc(=O)oc4c3)CC2)cc(OC)c1OC. The quantitative estimate of drug-likeness (QED) is 0.579. The number of piperazine rings is 1. The van der Waals surface area contributed by atoms with Crippen LogP contribution < -0.4 is 24.7 Å². The summed E-state index contributed by atoms with van der Waals surface area (Å²) in [7, 11) is 4.87. The third kappa shape index (κ3) is 4.07. The van der Waals surface area contributed by atoms with Gasteiger partial charge < -0.3 is 23.5 Å². The van der Waals surface area contributed by atoms with E-state index < -0.39 is 0 Å². The van der Waals surface area contributed by atoms with Gasteiger partial charge in [0.25, 0.3) is 0 Å². The molecule has 7 heteroatoms. The molecule has 30 heavy (non-hydrogen) atoms. The van der Waals surface area contributed by atoms with Crippen LogP contribution in [0, 0.1) is 0 Å². The minimum atomic E-state index is -0.321. The fraction of sp³-hybridized carbons (Fsp3) is 0.348. The Balaban J connectivity index is 1.44. The van der Waals surface area contributed by atoms with Gasteiger partial charge in [-0.05, 0) is 17.7 Å². The Bertz CT molecular complexity index is 1060. The van der Waals surface area contributed by atoms with Crippen LogP contribution in [0.3, 0.4) is 0 Å². The first-order chi connectivity index (χ1) is 14.6. The first-order valence-electron chi connectivity index (χ1n) is 9.91. The van der Waals surface area contributed by atoms with E-state index in [1.54, 1.807) is 27.4 Å². The molecule has 0 aliphatic carbocycles. The van der Waals surface area contributed by atoms with E-state index in [0.29, 0.717) is 22.8 Å². The molecule has 0 unspecified atom stereocenters. The van der Waals surface area contributed by atoms with Crippen molar-refractivity contribution in [1.82, 2.24) is 4.90 Å². The van der Waals surface area contributed by atoms with Crippen LogP contribution in [0.25, 0.3) is 11.0 Å². The molecule has 0 atom stereocenters. The third-order valence-electron chi connectivity index (χ3n) is 5.48. The fourth-order valence-corrected chi connectivity index (χ4v) is 3.88. The second-order valence-electron chi connectivity index (χ2n) is 7.27. The summed E-state index contributed by atoms with van der Waals surface area (Å²) in [5.74, 6) is 1.92. The first kappa shape index (κ1) is 20.1. The smallest absolute Gasteiger partial charge is 0.336 e. The van der Waals surface area contributed by atoms with Crippen molar-refractivity contribution in [3.05, 3.63) is 58.4 Å². The van der Waals surface area contributed by atoms with Crippen LogP contribution in [-0.4, -0.2) is 52.4 Å². The molecule has 1 aromatic heterocycles. The molecule has 1 aliphatic heterocycles. The molecule has 0 N–H and O–H groups in total. The monoisotopic (exact) mass is 410 g/mol. The van der Waals surface area contributed by atoms with Gasteiger partial charge >= 0.3 is 5.63 Å². The van der Waals surface area contributed by atoms with Crippen LogP contribution in [0.1, 0.15) is 5.56 Å². The lowest BCUT2D eigenvalue weighted by Crippen LogP contribution is -2.46. The molecule has 1 aliphatic rings. The zero-order valence-electron chi connectivity index (χ0n) is 17.5. The van der Waals surface area contributed by atoms with Crippen molar-refractivity contribution in [2.45, 2.75) is 6.54 Å². The summed E-state index contributed by atoms with van der Waals surface area (Å²) in [4.78, 5) is 16.2. The zero-order valence-corrected chi connectivity index (χ0v) is 17.5. The molecule has 0 saturated carbocycles. The molecular formula is C23H26N2O5. The van der Waals surface area contributed by atoms with Gasteiger partial charge in [0.1, 0.15) is 5.58 Å². The van der Waals surface area contributed by atoms with E-state index in [1.807, 2.05) is 24.3 Å². The highest BCUT2D eigenvalue weighted by Gasteiger charge is 2.21. The van der Waals surface area contributed by atoms with E-state index in [1.165, 1.54) is 6.07 Å². The van der Waals surface area contributed by atoms with Crippen molar-refractivity contribution in [1.29, 1.82) is 0 Å². The maximum Gasteiger partial charge on any atom is 0.336 e. The summed E-state index contributed by atoms with van der Waals surface area (Å²) in [6.45, 7) is 4.45. The summed E-state index contributed by atoms with van der Waals surface area (Å²) in [6.07, 6.45) is 0. The van der Waals surface area contributed by atoms with Crippen molar-refractivity contribution in [3.63, 3.8) is 0 Å². The van der Waals surface area contributed by atoms with E-state index in [9.17, 15) is 4.79 Å². The van der Waals surface area contributed by atoms with E-state index in [0.717, 1.165) is 49.4 Å². The Hall–Kier alpha value is -3.19. The van der Waals surface area contributed by atoms with Crippen LogP contribution in [0.2, 0.25) is 0 Å². The Morgan fingerprint density at radius 3 is 2.17 bits per heavy atom. The van der Waals surface area contributed by atoms with Gasteiger partial charge in [0.2, 0.25) is 5.75 Å². The Labute approximate surface area is 175 Å². The summed E-state index contributed by atoms with van der Waals surface area (Å²) in [6, 6.07) is 13.3. The van der Waals surface area contributed by atoms with Crippen LogP contribution in [0.15, 0.2) is 51.7 Å². The Kier molecular flexibility index (Phi) is 5.81. The van der Waals surface area contributed by atoms with Crippen LogP contribution >= 0.6 is 0 Å². The summed E-state index contributed by atoms with van der Waals surface area (Å²) in [5, 5.41) is 0.936. The Morgan fingerprint density at radius 1 is 0.867 bits per heavy atom. The average molecular weight is 410 g/mol. The van der Waals surface area contributed by atoms with E-state index >= 15 is 0 Å².